The van der Waals surface area contributed by atoms with Crippen molar-refractivity contribution in [2.75, 3.05) is 40.9 Å². The van der Waals surface area contributed by atoms with Crippen molar-refractivity contribution < 1.29 is 29.0 Å². The zero-order valence-electron chi connectivity index (χ0n) is 21.1. The number of Topliss-reactive ketones (excluding diaryl/α,β-unsaturated/α-hetero) is 1. The molecule has 2 aromatic rings. The number of carbonyl (C=O) groups excluding carboxylic acids is 3. The van der Waals surface area contributed by atoms with Gasteiger partial charge in [-0.2, -0.15) is 0 Å². The highest BCUT2D eigenvalue weighted by Crippen LogP contribution is 2.43. The average Bonchev–Trinajstić information content (AvgIpc) is 3.26. The van der Waals surface area contributed by atoms with Gasteiger partial charge in [-0.25, -0.2) is 4.79 Å². The predicted molar refractivity (Wildman–Crippen MR) is 131 cm³/mol. The fourth-order valence-corrected chi connectivity index (χ4v) is 4.53. The van der Waals surface area contributed by atoms with Gasteiger partial charge in [0, 0.05) is 23.4 Å². The molecule has 188 valence electrons. The summed E-state index contributed by atoms with van der Waals surface area (Å²) in [6, 6.07) is 6.28. The molecule has 0 unspecified atom stereocenters. The number of amides is 1. The van der Waals surface area contributed by atoms with E-state index in [1.165, 1.54) is 12.0 Å². The van der Waals surface area contributed by atoms with Crippen LogP contribution in [0.5, 0.6) is 5.75 Å². The first-order valence-electron chi connectivity index (χ1n) is 11.6. The highest BCUT2D eigenvalue weighted by molar-refractivity contribution is 6.46. The Morgan fingerprint density at radius 3 is 2.51 bits per heavy atom. The van der Waals surface area contributed by atoms with Crippen molar-refractivity contribution in [1.82, 2.24) is 14.8 Å². The molecule has 9 nitrogen and oxygen atoms in total. The third-order valence-electron chi connectivity index (χ3n) is 6.13. The summed E-state index contributed by atoms with van der Waals surface area (Å²) < 4.78 is 10.6. The lowest BCUT2D eigenvalue weighted by atomic mass is 9.93. The van der Waals surface area contributed by atoms with Gasteiger partial charge < -0.3 is 29.4 Å². The maximum absolute atomic E-state index is 13.3. The van der Waals surface area contributed by atoms with Crippen LogP contribution in [0.4, 0.5) is 0 Å². The number of rotatable bonds is 9. The Bertz CT molecular complexity index is 1160. The standard InChI is InChI=1S/C26H33N3O6/c1-7-35-26(33)21-15(2)19(16(3)27-21)23(30)20-22(17-11-8-9-12-18(17)34-6)29(25(32)24(20)31)14-10-13-28(4)5/h8-9,11-12,22,27,30H,7,10,13-14H2,1-6H3/b23-20+/t22-/m0/s1. The second kappa shape index (κ2) is 10.8. The van der Waals surface area contributed by atoms with Crippen LogP contribution in [0.1, 0.15) is 52.3 Å². The normalized spacial score (nSPS) is 17.3. The third kappa shape index (κ3) is 4.95. The fourth-order valence-electron chi connectivity index (χ4n) is 4.53. The van der Waals surface area contributed by atoms with Gasteiger partial charge in [0.2, 0.25) is 0 Å². The number of aromatic nitrogens is 1. The number of nitrogens with one attached hydrogen (secondary N) is 1. The fraction of sp³-hybridized carbons (Fsp3) is 0.423. The minimum absolute atomic E-state index is 0.0371. The van der Waals surface area contributed by atoms with E-state index in [9.17, 15) is 19.5 Å². The van der Waals surface area contributed by atoms with Crippen molar-refractivity contribution in [3.63, 3.8) is 0 Å². The van der Waals surface area contributed by atoms with Crippen molar-refractivity contribution in [3.05, 3.63) is 57.9 Å². The lowest BCUT2D eigenvalue weighted by Crippen LogP contribution is -2.32. The van der Waals surface area contributed by atoms with Gasteiger partial charge >= 0.3 is 5.97 Å². The molecule has 0 aliphatic carbocycles. The van der Waals surface area contributed by atoms with Crippen LogP contribution in [-0.2, 0) is 14.3 Å². The molecule has 0 radical (unpaired) electrons. The number of methoxy groups -OCH3 is 1. The summed E-state index contributed by atoms with van der Waals surface area (Å²) in [5.41, 5.74) is 1.98. The van der Waals surface area contributed by atoms with E-state index in [1.807, 2.05) is 19.0 Å². The molecular weight excluding hydrogens is 450 g/mol. The summed E-state index contributed by atoms with van der Waals surface area (Å²) in [7, 11) is 5.39. The number of aliphatic hydroxyl groups is 1. The van der Waals surface area contributed by atoms with E-state index in [-0.39, 0.29) is 23.6 Å². The number of benzene rings is 1. The Balaban J connectivity index is 2.20. The van der Waals surface area contributed by atoms with Gasteiger partial charge in [-0.3, -0.25) is 9.59 Å². The maximum Gasteiger partial charge on any atom is 0.355 e. The molecule has 1 aliphatic rings. The largest absolute Gasteiger partial charge is 0.507 e. The lowest BCUT2D eigenvalue weighted by molar-refractivity contribution is -0.140. The van der Waals surface area contributed by atoms with Crippen LogP contribution >= 0.6 is 0 Å². The first kappa shape index (κ1) is 26.0. The molecular formula is C26H33N3O6. The molecule has 0 saturated carbocycles. The van der Waals surface area contributed by atoms with Gasteiger partial charge in [-0.1, -0.05) is 18.2 Å². The summed E-state index contributed by atoms with van der Waals surface area (Å²) in [6.45, 7) is 6.30. The Hall–Kier alpha value is -3.59. The smallest absolute Gasteiger partial charge is 0.355 e. The molecule has 1 aromatic carbocycles. The Kier molecular flexibility index (Phi) is 8.01. The number of carbonyl (C=O) groups is 3. The predicted octanol–water partition coefficient (Wildman–Crippen LogP) is 3.19. The molecule has 1 atom stereocenters. The Morgan fingerprint density at radius 2 is 1.89 bits per heavy atom. The third-order valence-corrected chi connectivity index (χ3v) is 6.13. The number of likely N-dealkylation sites (tertiary alicyclic amines) is 1. The first-order valence-corrected chi connectivity index (χ1v) is 11.6. The van der Waals surface area contributed by atoms with Crippen LogP contribution in [-0.4, -0.2) is 78.5 Å². The van der Waals surface area contributed by atoms with Gasteiger partial charge in [0.25, 0.3) is 11.7 Å². The minimum Gasteiger partial charge on any atom is -0.507 e. The zero-order valence-corrected chi connectivity index (χ0v) is 21.1. The second-order valence-corrected chi connectivity index (χ2v) is 8.74. The van der Waals surface area contributed by atoms with Crippen molar-refractivity contribution in [1.29, 1.82) is 0 Å². The number of aryl methyl sites for hydroxylation is 1. The van der Waals surface area contributed by atoms with E-state index in [2.05, 4.69) is 4.98 Å². The molecule has 35 heavy (non-hydrogen) atoms. The number of H-pyrrole nitrogens is 1. The number of hydrogen-bond acceptors (Lipinski definition) is 7. The van der Waals surface area contributed by atoms with E-state index in [0.29, 0.717) is 41.1 Å². The number of para-hydroxylation sites is 1. The van der Waals surface area contributed by atoms with Crippen molar-refractivity contribution in [2.24, 2.45) is 0 Å². The second-order valence-electron chi connectivity index (χ2n) is 8.74. The van der Waals surface area contributed by atoms with E-state index >= 15 is 0 Å². The van der Waals surface area contributed by atoms with Gasteiger partial charge in [0.15, 0.2) is 0 Å². The van der Waals surface area contributed by atoms with Crippen molar-refractivity contribution >= 4 is 23.4 Å². The van der Waals surface area contributed by atoms with Gasteiger partial charge in [0.05, 0.1) is 25.3 Å². The molecule has 3 rings (SSSR count). The molecule has 1 saturated heterocycles. The molecule has 2 N–H and O–H groups in total. The molecule has 9 heteroatoms. The molecule has 1 amide bonds. The van der Waals surface area contributed by atoms with E-state index in [4.69, 9.17) is 9.47 Å². The number of aromatic amines is 1. The molecule has 1 aliphatic heterocycles. The van der Waals surface area contributed by atoms with Crippen LogP contribution < -0.4 is 4.74 Å². The van der Waals surface area contributed by atoms with Crippen LogP contribution in [0.25, 0.3) is 5.76 Å². The van der Waals surface area contributed by atoms with Gasteiger partial charge in [0.1, 0.15) is 17.2 Å². The number of ketones is 1. The topological polar surface area (TPSA) is 112 Å². The summed E-state index contributed by atoms with van der Waals surface area (Å²) in [5.74, 6) is -1.86. The van der Waals surface area contributed by atoms with Crippen LogP contribution in [0, 0.1) is 13.8 Å². The van der Waals surface area contributed by atoms with Crippen molar-refractivity contribution in [3.8, 4) is 5.75 Å². The summed E-state index contributed by atoms with van der Waals surface area (Å²) in [6.07, 6.45) is 0.640. The van der Waals surface area contributed by atoms with E-state index < -0.39 is 23.7 Å². The highest BCUT2D eigenvalue weighted by atomic mass is 16.5. The Labute approximate surface area is 205 Å². The lowest BCUT2D eigenvalue weighted by Gasteiger charge is -2.27. The number of hydrogen-bond donors (Lipinski definition) is 2. The van der Waals surface area contributed by atoms with E-state index in [1.54, 1.807) is 45.0 Å². The molecule has 1 fully saturated rings. The maximum atomic E-state index is 13.3. The highest BCUT2D eigenvalue weighted by Gasteiger charge is 2.47. The minimum atomic E-state index is -0.840. The van der Waals surface area contributed by atoms with Crippen LogP contribution in [0.2, 0.25) is 0 Å². The number of aliphatic hydroxyl groups excluding tert-OH is 1. The number of esters is 1. The first-order chi connectivity index (χ1) is 16.6. The monoisotopic (exact) mass is 483 g/mol. The number of nitrogens with zero attached hydrogens (tertiary/aromatic N) is 2. The molecule has 2 heterocycles. The van der Waals surface area contributed by atoms with Gasteiger partial charge in [-0.15, -0.1) is 0 Å². The van der Waals surface area contributed by atoms with Crippen molar-refractivity contribution in [2.45, 2.75) is 33.2 Å². The van der Waals surface area contributed by atoms with Gasteiger partial charge in [-0.05, 0) is 59.5 Å². The summed E-state index contributed by atoms with van der Waals surface area (Å²) in [4.78, 5) is 45.3. The van der Waals surface area contributed by atoms with E-state index in [0.717, 1.165) is 6.54 Å². The average molecular weight is 484 g/mol. The number of ether oxygens (including phenoxy) is 2. The quantitative estimate of drug-likeness (QED) is 0.244. The SMILES string of the molecule is CCOC(=O)c1[nH]c(C)c(/C(O)=C2\C(=O)C(=O)N(CCCN(C)C)[C@H]2c2ccccc2OC)c1C. The molecule has 0 spiro atoms. The zero-order chi connectivity index (χ0) is 25.9. The Morgan fingerprint density at radius 1 is 1.20 bits per heavy atom. The molecule has 1 aromatic heterocycles. The summed E-state index contributed by atoms with van der Waals surface area (Å²) in [5, 5.41) is 11.5. The van der Waals surface area contributed by atoms with Crippen LogP contribution in [0.15, 0.2) is 29.8 Å². The molecule has 0 bridgehead atoms. The summed E-state index contributed by atoms with van der Waals surface area (Å²) >= 11 is 0. The van der Waals surface area contributed by atoms with Crippen LogP contribution in [0.3, 0.4) is 0 Å².